The molecule has 2 amide bonds. The lowest BCUT2D eigenvalue weighted by atomic mass is 10.1. The van der Waals surface area contributed by atoms with Gasteiger partial charge in [0.05, 0.1) is 25.3 Å². The average Bonchev–Trinajstić information content (AvgIpc) is 3.55. The van der Waals surface area contributed by atoms with Crippen LogP contribution in [0.2, 0.25) is 0 Å². The predicted molar refractivity (Wildman–Crippen MR) is 183 cm³/mol. The maximum atomic E-state index is 14.7. The molecule has 12 nitrogen and oxygen atoms in total. The predicted octanol–water partition coefficient (Wildman–Crippen LogP) is 3.78. The van der Waals surface area contributed by atoms with E-state index in [1.165, 1.54) is 66.3 Å². The second-order valence-corrected chi connectivity index (χ2v) is 13.9. The van der Waals surface area contributed by atoms with Crippen molar-refractivity contribution < 1.29 is 31.9 Å². The zero-order valence-corrected chi connectivity index (χ0v) is 29.7. The fraction of sp³-hybridized carbons (Fsp3) is 0.486. The molecule has 0 aliphatic carbocycles. The van der Waals surface area contributed by atoms with E-state index >= 15 is 0 Å². The summed E-state index contributed by atoms with van der Waals surface area (Å²) in [5.74, 6) is -0.807. The molecule has 3 atom stereocenters. The van der Waals surface area contributed by atoms with Crippen LogP contribution in [-0.4, -0.2) is 109 Å². The largest absolute Gasteiger partial charge is 0.493 e. The molecule has 1 N–H and O–H groups in total. The van der Waals surface area contributed by atoms with Gasteiger partial charge in [-0.15, -0.1) is 0 Å². The van der Waals surface area contributed by atoms with Crippen LogP contribution < -0.4 is 14.8 Å². The van der Waals surface area contributed by atoms with Gasteiger partial charge in [0, 0.05) is 43.6 Å². The number of nitrogens with one attached hydrogen (secondary N) is 1. The van der Waals surface area contributed by atoms with Gasteiger partial charge in [0.1, 0.15) is 17.6 Å². The Bertz CT molecular complexity index is 1660. The van der Waals surface area contributed by atoms with Gasteiger partial charge in [-0.1, -0.05) is 32.0 Å². The lowest BCUT2D eigenvalue weighted by Crippen LogP contribution is -2.48. The number of hydrogen-bond acceptors (Lipinski definition) is 9. The smallest absolute Gasteiger partial charge is 0.274 e. The van der Waals surface area contributed by atoms with Crippen LogP contribution in [-0.2, 0) is 21.2 Å². The molecule has 1 aromatic heterocycles. The first-order valence-corrected chi connectivity index (χ1v) is 18.0. The Morgan fingerprint density at radius 2 is 1.80 bits per heavy atom. The number of ether oxygens (including phenoxy) is 2. The van der Waals surface area contributed by atoms with Crippen molar-refractivity contribution in [1.82, 2.24) is 29.4 Å². The minimum Gasteiger partial charge on any atom is -0.493 e. The Labute approximate surface area is 288 Å². The number of sulfonamides is 1. The van der Waals surface area contributed by atoms with Gasteiger partial charge < -0.3 is 24.6 Å². The molecule has 266 valence electrons. The number of methoxy groups -OCH3 is 2. The molecule has 0 radical (unpaired) electrons. The van der Waals surface area contributed by atoms with Crippen LogP contribution in [0.25, 0.3) is 0 Å². The molecule has 0 saturated carbocycles. The van der Waals surface area contributed by atoms with Crippen molar-refractivity contribution in [3.63, 3.8) is 0 Å². The van der Waals surface area contributed by atoms with Crippen LogP contribution >= 0.6 is 0 Å². The number of carbonyl (C=O) groups excluding carboxylic acids is 2. The van der Waals surface area contributed by atoms with E-state index < -0.39 is 33.8 Å². The second-order valence-electron chi connectivity index (χ2n) is 12.0. The molecule has 4 rings (SSSR count). The number of benzene rings is 2. The van der Waals surface area contributed by atoms with Gasteiger partial charge in [0.2, 0.25) is 15.9 Å². The summed E-state index contributed by atoms with van der Waals surface area (Å²) in [5.41, 5.74) is 0.377. The number of nitrogens with zero attached hydrogens (tertiary/aromatic N) is 5. The first-order valence-electron chi connectivity index (χ1n) is 16.6. The summed E-state index contributed by atoms with van der Waals surface area (Å²) in [6.45, 7) is 8.74. The first-order chi connectivity index (χ1) is 23.5. The summed E-state index contributed by atoms with van der Waals surface area (Å²) < 4.78 is 55.5. The fourth-order valence-corrected chi connectivity index (χ4v) is 7.81. The van der Waals surface area contributed by atoms with Crippen LogP contribution in [0.4, 0.5) is 4.39 Å². The molecule has 2 aromatic carbocycles. The Hall–Kier alpha value is -4.14. The third-order valence-corrected chi connectivity index (χ3v) is 10.9. The fourth-order valence-electron chi connectivity index (χ4n) is 6.17. The zero-order chi connectivity index (χ0) is 35.6. The number of likely N-dealkylation sites (tertiary alicyclic amines) is 1. The van der Waals surface area contributed by atoms with Crippen molar-refractivity contribution in [2.45, 2.75) is 69.5 Å². The monoisotopic (exact) mass is 698 g/mol. The Balaban J connectivity index is 1.67. The van der Waals surface area contributed by atoms with Crippen LogP contribution in [0.3, 0.4) is 0 Å². The number of carbonyl (C=O) groups is 2. The molecule has 14 heteroatoms. The lowest BCUT2D eigenvalue weighted by Gasteiger charge is -2.28. The van der Waals surface area contributed by atoms with E-state index in [2.05, 4.69) is 34.0 Å². The number of hydrogen-bond donors (Lipinski definition) is 1. The molecule has 1 aliphatic rings. The third kappa shape index (κ3) is 9.31. The third-order valence-electron chi connectivity index (χ3n) is 8.95. The SMILES string of the molecule is CCN(CC)CCCC(C)NC(=O)C1CC(N(CCc2ccccc2F)S(=O)(=O)c2ccc(OC)c(OC)c2)CN1C(=O)c1cnccn1. The molecule has 0 bridgehead atoms. The second kappa shape index (κ2) is 17.5. The summed E-state index contributed by atoms with van der Waals surface area (Å²) in [7, 11) is -1.41. The van der Waals surface area contributed by atoms with E-state index in [-0.39, 0.29) is 54.2 Å². The Morgan fingerprint density at radius 1 is 1.06 bits per heavy atom. The number of halogens is 1. The van der Waals surface area contributed by atoms with Gasteiger partial charge in [0.25, 0.3) is 5.91 Å². The summed E-state index contributed by atoms with van der Waals surface area (Å²) >= 11 is 0. The summed E-state index contributed by atoms with van der Waals surface area (Å²) in [4.78, 5) is 39.5. The molecule has 0 spiro atoms. The van der Waals surface area contributed by atoms with Crippen molar-refractivity contribution in [3.8, 4) is 11.5 Å². The molecule has 1 fully saturated rings. The Kier molecular flexibility index (Phi) is 13.5. The van der Waals surface area contributed by atoms with E-state index in [1.54, 1.807) is 18.2 Å². The highest BCUT2D eigenvalue weighted by Gasteiger charge is 2.46. The standard InChI is InChI=1S/C35H47FN6O6S/c1-6-40(7-2)19-10-11-25(3)39-34(43)31-21-27(24-41(31)35(44)30-23-37-17-18-38-30)42(20-16-26-12-8-9-13-29(26)36)49(45,46)28-14-15-32(47-4)33(22-28)48-5/h8-9,12-15,17-18,22-23,25,27,31H,6-7,10-11,16,19-21,24H2,1-5H3,(H,39,43). The van der Waals surface area contributed by atoms with E-state index in [9.17, 15) is 22.4 Å². The minimum absolute atomic E-state index is 0.0216. The van der Waals surface area contributed by atoms with E-state index in [0.717, 1.165) is 32.5 Å². The quantitative estimate of drug-likeness (QED) is 0.224. The van der Waals surface area contributed by atoms with Crippen molar-refractivity contribution in [2.75, 3.05) is 46.9 Å². The van der Waals surface area contributed by atoms with Crippen molar-refractivity contribution in [2.24, 2.45) is 0 Å². The lowest BCUT2D eigenvalue weighted by molar-refractivity contribution is -0.125. The molecule has 3 aromatic rings. The van der Waals surface area contributed by atoms with Crippen LogP contribution in [0, 0.1) is 5.82 Å². The van der Waals surface area contributed by atoms with Gasteiger partial charge in [-0.25, -0.2) is 17.8 Å². The molecule has 3 unspecified atom stereocenters. The minimum atomic E-state index is -4.26. The highest BCUT2D eigenvalue weighted by molar-refractivity contribution is 7.89. The van der Waals surface area contributed by atoms with Gasteiger partial charge in [-0.05, 0) is 76.0 Å². The molecule has 1 saturated heterocycles. The molecule has 2 heterocycles. The molecule has 1 aliphatic heterocycles. The summed E-state index contributed by atoms with van der Waals surface area (Å²) in [6, 6.07) is 8.47. The topological polar surface area (TPSA) is 134 Å². The van der Waals surface area contributed by atoms with Crippen molar-refractivity contribution in [3.05, 3.63) is 78.1 Å². The van der Waals surface area contributed by atoms with E-state index in [4.69, 9.17) is 9.47 Å². The Morgan fingerprint density at radius 3 is 2.45 bits per heavy atom. The van der Waals surface area contributed by atoms with Gasteiger partial charge in [-0.2, -0.15) is 4.31 Å². The van der Waals surface area contributed by atoms with Gasteiger partial charge >= 0.3 is 0 Å². The van der Waals surface area contributed by atoms with Crippen LogP contribution in [0.5, 0.6) is 11.5 Å². The van der Waals surface area contributed by atoms with Crippen LogP contribution in [0.15, 0.2) is 66.0 Å². The van der Waals surface area contributed by atoms with Crippen molar-refractivity contribution in [1.29, 1.82) is 0 Å². The zero-order valence-electron chi connectivity index (χ0n) is 28.8. The van der Waals surface area contributed by atoms with E-state index in [1.807, 2.05) is 6.92 Å². The van der Waals surface area contributed by atoms with Gasteiger partial charge in [-0.3, -0.25) is 14.6 Å². The van der Waals surface area contributed by atoms with Crippen LogP contribution in [0.1, 0.15) is 56.1 Å². The van der Waals surface area contributed by atoms with E-state index in [0.29, 0.717) is 11.3 Å². The average molecular weight is 699 g/mol. The first kappa shape index (κ1) is 37.7. The normalized spacial score (nSPS) is 16.9. The summed E-state index contributed by atoms with van der Waals surface area (Å²) in [6.07, 6.45) is 5.84. The highest BCUT2D eigenvalue weighted by Crippen LogP contribution is 2.34. The molecule has 49 heavy (non-hydrogen) atoms. The number of aromatic nitrogens is 2. The molecular formula is C35H47FN6O6S. The molecular weight excluding hydrogens is 651 g/mol. The maximum Gasteiger partial charge on any atom is 0.274 e. The van der Waals surface area contributed by atoms with Crippen molar-refractivity contribution >= 4 is 21.8 Å². The number of amides is 2. The van der Waals surface area contributed by atoms with Gasteiger partial charge in [0.15, 0.2) is 11.5 Å². The maximum absolute atomic E-state index is 14.7. The highest BCUT2D eigenvalue weighted by atomic mass is 32.2. The number of rotatable bonds is 17. The summed E-state index contributed by atoms with van der Waals surface area (Å²) in [5, 5.41) is 3.06.